The monoisotopic (exact) mass is 456 g/mol. The van der Waals surface area contributed by atoms with E-state index in [2.05, 4.69) is 10.0 Å². The average Bonchev–Trinajstić information content (AvgIpc) is 3.59. The van der Waals surface area contributed by atoms with Crippen LogP contribution in [0.5, 0.6) is 0 Å². The van der Waals surface area contributed by atoms with Crippen LogP contribution in [0.15, 0.2) is 53.4 Å². The standard InChI is InChI=1S/C23H28N4O4S/c1-17-5-7-20(8-6-17)25-32(30,31)21-4-2-3-18(15-21)23(29)27-13-11-26(12-14-27)16-22(28)24-19-9-10-19/h2-8,15,19,25H,9-14,16H2,1H3,(H,24,28). The molecule has 2 aliphatic rings. The number of anilines is 1. The number of hydrogen-bond donors (Lipinski definition) is 2. The van der Waals surface area contributed by atoms with Gasteiger partial charge in [-0.1, -0.05) is 23.8 Å². The van der Waals surface area contributed by atoms with Crippen LogP contribution in [-0.4, -0.2) is 68.8 Å². The predicted octanol–water partition coefficient (Wildman–Crippen LogP) is 1.83. The van der Waals surface area contributed by atoms with Crippen LogP contribution in [-0.2, 0) is 14.8 Å². The molecule has 1 saturated heterocycles. The summed E-state index contributed by atoms with van der Waals surface area (Å²) in [6.07, 6.45) is 2.12. The summed E-state index contributed by atoms with van der Waals surface area (Å²) in [6, 6.07) is 13.5. The van der Waals surface area contributed by atoms with Crippen molar-refractivity contribution in [3.05, 3.63) is 59.7 Å². The SMILES string of the molecule is Cc1ccc(NS(=O)(=O)c2cccc(C(=O)N3CCN(CC(=O)NC4CC4)CC3)c2)cc1. The normalized spacial score (nSPS) is 17.1. The molecule has 170 valence electrons. The third kappa shape index (κ3) is 5.66. The Kier molecular flexibility index (Phi) is 6.48. The Bertz CT molecular complexity index is 1090. The zero-order valence-electron chi connectivity index (χ0n) is 18.1. The maximum atomic E-state index is 13.0. The summed E-state index contributed by atoms with van der Waals surface area (Å²) in [7, 11) is -3.81. The highest BCUT2D eigenvalue weighted by Crippen LogP contribution is 2.20. The lowest BCUT2D eigenvalue weighted by Gasteiger charge is -2.34. The average molecular weight is 457 g/mol. The summed E-state index contributed by atoms with van der Waals surface area (Å²) in [5.74, 6) is -0.175. The number of piperazine rings is 1. The topological polar surface area (TPSA) is 98.8 Å². The molecule has 1 heterocycles. The molecule has 2 fully saturated rings. The number of sulfonamides is 1. The third-order valence-electron chi connectivity index (χ3n) is 5.66. The minimum atomic E-state index is -3.81. The van der Waals surface area contributed by atoms with E-state index in [1.165, 1.54) is 12.1 Å². The largest absolute Gasteiger partial charge is 0.352 e. The molecule has 2 aromatic carbocycles. The lowest BCUT2D eigenvalue weighted by Crippen LogP contribution is -2.51. The van der Waals surface area contributed by atoms with E-state index in [4.69, 9.17) is 0 Å². The maximum Gasteiger partial charge on any atom is 0.261 e. The van der Waals surface area contributed by atoms with Crippen LogP contribution < -0.4 is 10.0 Å². The Morgan fingerprint density at radius 2 is 1.69 bits per heavy atom. The summed E-state index contributed by atoms with van der Waals surface area (Å²) in [5.41, 5.74) is 1.83. The first kappa shape index (κ1) is 22.3. The molecule has 0 radical (unpaired) electrons. The number of amides is 2. The van der Waals surface area contributed by atoms with Crippen LogP contribution in [0.3, 0.4) is 0 Å². The van der Waals surface area contributed by atoms with Crippen LogP contribution >= 0.6 is 0 Å². The van der Waals surface area contributed by atoms with E-state index in [9.17, 15) is 18.0 Å². The van der Waals surface area contributed by atoms with Crippen LogP contribution in [0, 0.1) is 6.92 Å². The van der Waals surface area contributed by atoms with Gasteiger partial charge in [0, 0.05) is 43.5 Å². The lowest BCUT2D eigenvalue weighted by molar-refractivity contribution is -0.122. The number of aryl methyl sites for hydroxylation is 1. The molecule has 2 aromatic rings. The summed E-state index contributed by atoms with van der Waals surface area (Å²) in [6.45, 7) is 4.48. The van der Waals surface area contributed by atoms with E-state index in [0.717, 1.165) is 18.4 Å². The van der Waals surface area contributed by atoms with Crippen LogP contribution in [0.4, 0.5) is 5.69 Å². The number of benzene rings is 2. The fourth-order valence-corrected chi connectivity index (χ4v) is 4.73. The molecule has 1 saturated carbocycles. The Morgan fingerprint density at radius 1 is 1.00 bits per heavy atom. The quantitative estimate of drug-likeness (QED) is 0.662. The minimum Gasteiger partial charge on any atom is -0.352 e. The second-order valence-electron chi connectivity index (χ2n) is 8.41. The van der Waals surface area contributed by atoms with Gasteiger partial charge in [-0.05, 0) is 50.1 Å². The van der Waals surface area contributed by atoms with Crippen molar-refractivity contribution in [2.24, 2.45) is 0 Å². The summed E-state index contributed by atoms with van der Waals surface area (Å²) in [5, 5.41) is 2.98. The number of nitrogens with one attached hydrogen (secondary N) is 2. The van der Waals surface area contributed by atoms with Crippen molar-refractivity contribution in [3.63, 3.8) is 0 Å². The van der Waals surface area contributed by atoms with E-state index in [-0.39, 0.29) is 16.7 Å². The predicted molar refractivity (Wildman–Crippen MR) is 122 cm³/mol. The van der Waals surface area contributed by atoms with Gasteiger partial charge < -0.3 is 10.2 Å². The summed E-state index contributed by atoms with van der Waals surface area (Å²) < 4.78 is 28.1. The highest BCUT2D eigenvalue weighted by molar-refractivity contribution is 7.92. The number of hydrogen-bond acceptors (Lipinski definition) is 5. The Hall–Kier alpha value is -2.91. The lowest BCUT2D eigenvalue weighted by atomic mass is 10.2. The first-order chi connectivity index (χ1) is 15.3. The van der Waals surface area contributed by atoms with E-state index < -0.39 is 10.0 Å². The van der Waals surface area contributed by atoms with Crippen molar-refractivity contribution < 1.29 is 18.0 Å². The highest BCUT2D eigenvalue weighted by Gasteiger charge is 2.27. The first-order valence-electron chi connectivity index (χ1n) is 10.8. The van der Waals surface area contributed by atoms with Gasteiger partial charge in [-0.2, -0.15) is 0 Å². The molecule has 0 atom stereocenters. The molecular formula is C23H28N4O4S. The fourth-order valence-electron chi connectivity index (χ4n) is 3.63. The summed E-state index contributed by atoms with van der Waals surface area (Å²) >= 11 is 0. The zero-order valence-corrected chi connectivity index (χ0v) is 18.9. The fraction of sp³-hybridized carbons (Fsp3) is 0.391. The molecule has 1 aliphatic carbocycles. The zero-order chi connectivity index (χ0) is 22.7. The van der Waals surface area contributed by atoms with Crippen molar-refractivity contribution in [1.82, 2.24) is 15.1 Å². The van der Waals surface area contributed by atoms with Crippen molar-refractivity contribution in [2.75, 3.05) is 37.4 Å². The minimum absolute atomic E-state index is 0.0336. The van der Waals surface area contributed by atoms with Crippen LogP contribution in [0.1, 0.15) is 28.8 Å². The number of nitrogens with zero attached hydrogens (tertiary/aromatic N) is 2. The second kappa shape index (κ2) is 9.30. The van der Waals surface area contributed by atoms with Crippen LogP contribution in [0.25, 0.3) is 0 Å². The van der Waals surface area contributed by atoms with Crippen molar-refractivity contribution >= 4 is 27.5 Å². The van der Waals surface area contributed by atoms with E-state index in [1.807, 2.05) is 24.0 Å². The first-order valence-corrected chi connectivity index (χ1v) is 12.3. The van der Waals surface area contributed by atoms with E-state index in [1.54, 1.807) is 29.2 Å². The number of rotatable bonds is 7. The van der Waals surface area contributed by atoms with Gasteiger partial charge in [-0.15, -0.1) is 0 Å². The number of carbonyl (C=O) groups excluding carboxylic acids is 2. The highest BCUT2D eigenvalue weighted by atomic mass is 32.2. The Labute approximate surface area is 188 Å². The molecular weight excluding hydrogens is 428 g/mol. The van der Waals surface area contributed by atoms with Gasteiger partial charge in [-0.3, -0.25) is 19.2 Å². The molecule has 4 rings (SSSR count). The van der Waals surface area contributed by atoms with Crippen molar-refractivity contribution in [1.29, 1.82) is 0 Å². The molecule has 0 spiro atoms. The van der Waals surface area contributed by atoms with Gasteiger partial charge in [0.2, 0.25) is 5.91 Å². The van der Waals surface area contributed by atoms with E-state index >= 15 is 0 Å². The van der Waals surface area contributed by atoms with Gasteiger partial charge in [-0.25, -0.2) is 8.42 Å². The molecule has 2 N–H and O–H groups in total. The molecule has 32 heavy (non-hydrogen) atoms. The maximum absolute atomic E-state index is 13.0. The second-order valence-corrected chi connectivity index (χ2v) is 10.1. The van der Waals surface area contributed by atoms with E-state index in [0.29, 0.717) is 50.0 Å². The molecule has 0 unspecified atom stereocenters. The number of carbonyl (C=O) groups is 2. The molecule has 8 nitrogen and oxygen atoms in total. The van der Waals surface area contributed by atoms with Crippen molar-refractivity contribution in [3.8, 4) is 0 Å². The molecule has 9 heteroatoms. The third-order valence-corrected chi connectivity index (χ3v) is 7.04. The molecule has 0 bridgehead atoms. The van der Waals surface area contributed by atoms with Gasteiger partial charge in [0.05, 0.1) is 11.4 Å². The van der Waals surface area contributed by atoms with Gasteiger partial charge in [0.1, 0.15) is 0 Å². The van der Waals surface area contributed by atoms with Crippen LogP contribution in [0.2, 0.25) is 0 Å². The van der Waals surface area contributed by atoms with Gasteiger partial charge >= 0.3 is 0 Å². The smallest absolute Gasteiger partial charge is 0.261 e. The summed E-state index contributed by atoms with van der Waals surface area (Å²) in [4.78, 5) is 28.7. The Morgan fingerprint density at radius 3 is 2.34 bits per heavy atom. The van der Waals surface area contributed by atoms with Gasteiger partial charge in [0.15, 0.2) is 0 Å². The molecule has 2 amide bonds. The molecule has 1 aliphatic heterocycles. The van der Waals surface area contributed by atoms with Gasteiger partial charge in [0.25, 0.3) is 15.9 Å². The molecule has 0 aromatic heterocycles. The Balaban J connectivity index is 1.36. The van der Waals surface area contributed by atoms with Crippen molar-refractivity contribution in [2.45, 2.75) is 30.7 Å².